The lowest BCUT2D eigenvalue weighted by Gasteiger charge is -2.05. The van der Waals surface area contributed by atoms with Gasteiger partial charge in [0.25, 0.3) is 5.69 Å². The molecule has 1 unspecified atom stereocenters. The van der Waals surface area contributed by atoms with Crippen LogP contribution in [0.3, 0.4) is 0 Å². The maximum atomic E-state index is 12.6. The molecule has 3 rings (SSSR count). The maximum Gasteiger partial charge on any atom is 0.270 e. The number of ketones is 1. The minimum atomic E-state index is -1.02. The molecule has 0 saturated carbocycles. The molecule has 0 aliphatic rings. The molecule has 0 aliphatic heterocycles. The van der Waals surface area contributed by atoms with Gasteiger partial charge in [-0.15, -0.1) is 11.3 Å². The molecule has 0 spiro atoms. The van der Waals surface area contributed by atoms with E-state index in [1.807, 2.05) is 6.07 Å². The van der Waals surface area contributed by atoms with Crippen LogP contribution in [0.25, 0.3) is 11.3 Å². The van der Waals surface area contributed by atoms with E-state index in [0.29, 0.717) is 21.8 Å². The Bertz CT molecular complexity index is 1020. The third-order valence-electron chi connectivity index (χ3n) is 3.64. The van der Waals surface area contributed by atoms with Gasteiger partial charge in [-0.1, -0.05) is 40.2 Å². The van der Waals surface area contributed by atoms with Crippen LogP contribution in [0.15, 0.2) is 58.4 Å². The first-order valence-corrected chi connectivity index (χ1v) is 9.06. The van der Waals surface area contributed by atoms with Gasteiger partial charge in [0.2, 0.25) is 0 Å². The fourth-order valence-electron chi connectivity index (χ4n) is 2.34. The van der Waals surface area contributed by atoms with Crippen LogP contribution in [0.2, 0.25) is 0 Å². The summed E-state index contributed by atoms with van der Waals surface area (Å²) >= 11 is 4.49. The highest BCUT2D eigenvalue weighted by atomic mass is 79.9. The Labute approximate surface area is 161 Å². The van der Waals surface area contributed by atoms with E-state index < -0.39 is 10.8 Å². The summed E-state index contributed by atoms with van der Waals surface area (Å²) < 4.78 is 0.838. The number of nitrogens with zero attached hydrogens (tertiary/aromatic N) is 3. The molecule has 1 heterocycles. The summed E-state index contributed by atoms with van der Waals surface area (Å²) in [6, 6.07) is 14.8. The third kappa shape index (κ3) is 3.69. The molecule has 8 heteroatoms. The average Bonchev–Trinajstić information content (AvgIpc) is 3.13. The van der Waals surface area contributed by atoms with Crippen molar-refractivity contribution in [1.82, 2.24) is 4.98 Å². The second-order valence-corrected chi connectivity index (χ2v) is 7.12. The fraction of sp³-hybridized carbons (Fsp3) is 0.0556. The van der Waals surface area contributed by atoms with Crippen molar-refractivity contribution in [1.29, 1.82) is 5.26 Å². The zero-order valence-electron chi connectivity index (χ0n) is 13.1. The SMILES string of the molecule is N#CC(C(=O)c1ccc(Br)cc1)c1nc(-c2cccc([N+](=O)[O-])c2)cs1. The smallest absolute Gasteiger partial charge is 0.270 e. The van der Waals surface area contributed by atoms with Gasteiger partial charge in [0, 0.05) is 33.1 Å². The Morgan fingerprint density at radius 2 is 2.00 bits per heavy atom. The van der Waals surface area contributed by atoms with Crippen molar-refractivity contribution >= 4 is 38.7 Å². The Morgan fingerprint density at radius 1 is 1.27 bits per heavy atom. The van der Waals surface area contributed by atoms with Crippen LogP contribution in [0.5, 0.6) is 0 Å². The topological polar surface area (TPSA) is 96.9 Å². The normalized spacial score (nSPS) is 11.5. The molecule has 128 valence electrons. The minimum Gasteiger partial charge on any atom is -0.292 e. The molecule has 1 aromatic heterocycles. The van der Waals surface area contributed by atoms with Crippen molar-refractivity contribution in [3.05, 3.63) is 79.1 Å². The number of non-ortho nitro benzene ring substituents is 1. The van der Waals surface area contributed by atoms with E-state index in [4.69, 9.17) is 0 Å². The monoisotopic (exact) mass is 427 g/mol. The van der Waals surface area contributed by atoms with Crippen LogP contribution in [0, 0.1) is 21.4 Å². The number of hydrogen-bond acceptors (Lipinski definition) is 6. The molecule has 0 bridgehead atoms. The highest BCUT2D eigenvalue weighted by Gasteiger charge is 2.25. The van der Waals surface area contributed by atoms with Gasteiger partial charge in [0.15, 0.2) is 11.7 Å². The third-order valence-corrected chi connectivity index (χ3v) is 5.08. The lowest BCUT2D eigenvalue weighted by atomic mass is 9.99. The number of carbonyl (C=O) groups is 1. The van der Waals surface area contributed by atoms with Crippen molar-refractivity contribution in [3.8, 4) is 17.3 Å². The van der Waals surface area contributed by atoms with Gasteiger partial charge in [-0.3, -0.25) is 14.9 Å². The number of hydrogen-bond donors (Lipinski definition) is 0. The predicted molar refractivity (Wildman–Crippen MR) is 101 cm³/mol. The zero-order valence-corrected chi connectivity index (χ0v) is 15.5. The largest absolute Gasteiger partial charge is 0.292 e. The molecular weight excluding hydrogens is 418 g/mol. The van der Waals surface area contributed by atoms with Crippen molar-refractivity contribution in [2.24, 2.45) is 0 Å². The molecule has 6 nitrogen and oxygen atoms in total. The zero-order chi connectivity index (χ0) is 18.7. The fourth-order valence-corrected chi connectivity index (χ4v) is 3.47. The first-order chi connectivity index (χ1) is 12.5. The van der Waals surface area contributed by atoms with Crippen molar-refractivity contribution < 1.29 is 9.72 Å². The van der Waals surface area contributed by atoms with E-state index in [0.717, 1.165) is 4.47 Å². The standard InChI is InChI=1S/C18H10BrN3O3S/c19-13-6-4-11(5-7-13)17(23)15(9-20)18-21-16(10-26-18)12-2-1-3-14(8-12)22(24)25/h1-8,10,15H. The number of rotatable bonds is 5. The average molecular weight is 428 g/mol. The molecule has 1 atom stereocenters. The lowest BCUT2D eigenvalue weighted by molar-refractivity contribution is -0.384. The number of nitriles is 1. The summed E-state index contributed by atoms with van der Waals surface area (Å²) in [6.07, 6.45) is 0. The Balaban J connectivity index is 1.91. The second kappa shape index (κ2) is 7.56. The molecule has 26 heavy (non-hydrogen) atoms. The van der Waals surface area contributed by atoms with Gasteiger partial charge < -0.3 is 0 Å². The Hall–Kier alpha value is -2.89. The molecule has 0 aliphatic carbocycles. The van der Waals surface area contributed by atoms with Gasteiger partial charge in [-0.2, -0.15) is 5.26 Å². The Kier molecular flexibility index (Phi) is 5.21. The molecule has 0 fully saturated rings. The number of thiazole rings is 1. The molecular formula is C18H10BrN3O3S. The summed E-state index contributed by atoms with van der Waals surface area (Å²) in [7, 11) is 0. The van der Waals surface area contributed by atoms with E-state index >= 15 is 0 Å². The van der Waals surface area contributed by atoms with Crippen LogP contribution in [-0.2, 0) is 0 Å². The van der Waals surface area contributed by atoms with Gasteiger partial charge in [0.1, 0.15) is 5.01 Å². The molecule has 0 amide bonds. The summed E-state index contributed by atoms with van der Waals surface area (Å²) in [5.41, 5.74) is 1.44. The highest BCUT2D eigenvalue weighted by molar-refractivity contribution is 9.10. The van der Waals surface area contributed by atoms with E-state index in [9.17, 15) is 20.2 Å². The van der Waals surface area contributed by atoms with Crippen LogP contribution < -0.4 is 0 Å². The molecule has 0 N–H and O–H groups in total. The summed E-state index contributed by atoms with van der Waals surface area (Å²) in [6.45, 7) is 0. The van der Waals surface area contributed by atoms with E-state index in [1.165, 1.54) is 23.5 Å². The molecule has 0 radical (unpaired) electrons. The number of aromatic nitrogens is 1. The number of Topliss-reactive ketones (excluding diaryl/α,β-unsaturated/α-hetero) is 1. The first kappa shape index (κ1) is 17.9. The van der Waals surface area contributed by atoms with E-state index in [-0.39, 0.29) is 11.5 Å². The highest BCUT2D eigenvalue weighted by Crippen LogP contribution is 2.30. The van der Waals surface area contributed by atoms with E-state index in [1.54, 1.807) is 41.8 Å². The summed E-state index contributed by atoms with van der Waals surface area (Å²) in [5, 5.41) is 22.4. The van der Waals surface area contributed by atoms with Crippen molar-refractivity contribution in [2.45, 2.75) is 5.92 Å². The van der Waals surface area contributed by atoms with Crippen molar-refractivity contribution in [3.63, 3.8) is 0 Å². The Morgan fingerprint density at radius 3 is 2.65 bits per heavy atom. The number of halogens is 1. The number of carbonyl (C=O) groups excluding carboxylic acids is 1. The van der Waals surface area contributed by atoms with Crippen LogP contribution in [0.1, 0.15) is 21.3 Å². The van der Waals surface area contributed by atoms with Crippen LogP contribution in [0.4, 0.5) is 5.69 Å². The molecule has 0 saturated heterocycles. The first-order valence-electron chi connectivity index (χ1n) is 7.39. The minimum absolute atomic E-state index is 0.0418. The predicted octanol–water partition coefficient (Wildman–Crippen LogP) is 4.97. The van der Waals surface area contributed by atoms with Crippen molar-refractivity contribution in [2.75, 3.05) is 0 Å². The lowest BCUT2D eigenvalue weighted by Crippen LogP contribution is -2.11. The molecule has 2 aromatic carbocycles. The van der Waals surface area contributed by atoms with Gasteiger partial charge in [-0.25, -0.2) is 4.98 Å². The van der Waals surface area contributed by atoms with Gasteiger partial charge in [-0.05, 0) is 12.1 Å². The number of nitro benzene ring substituents is 1. The van der Waals surface area contributed by atoms with E-state index in [2.05, 4.69) is 20.9 Å². The van der Waals surface area contributed by atoms with Gasteiger partial charge in [0.05, 0.1) is 16.7 Å². The number of nitro groups is 1. The van der Waals surface area contributed by atoms with Gasteiger partial charge >= 0.3 is 0 Å². The summed E-state index contributed by atoms with van der Waals surface area (Å²) in [4.78, 5) is 27.4. The summed E-state index contributed by atoms with van der Waals surface area (Å²) in [5.74, 6) is -1.35. The maximum absolute atomic E-state index is 12.6. The second-order valence-electron chi connectivity index (χ2n) is 5.31. The number of benzene rings is 2. The van der Waals surface area contributed by atoms with Crippen LogP contribution in [-0.4, -0.2) is 15.7 Å². The molecule has 3 aromatic rings. The van der Waals surface area contributed by atoms with Crippen LogP contribution >= 0.6 is 27.3 Å². The quantitative estimate of drug-likeness (QED) is 0.325.